The van der Waals surface area contributed by atoms with Crippen LogP contribution in [0.25, 0.3) is 0 Å². The molecule has 1 aromatic rings. The molecule has 0 bridgehead atoms. The van der Waals surface area contributed by atoms with E-state index in [2.05, 4.69) is 10.6 Å². The third kappa shape index (κ3) is 4.03. The Kier molecular flexibility index (Phi) is 6.02. The predicted molar refractivity (Wildman–Crippen MR) is 90.9 cm³/mol. The van der Waals surface area contributed by atoms with Gasteiger partial charge >= 0.3 is 5.97 Å². The zero-order valence-corrected chi connectivity index (χ0v) is 14.0. The van der Waals surface area contributed by atoms with Gasteiger partial charge in [-0.25, -0.2) is 4.79 Å². The lowest BCUT2D eigenvalue weighted by atomic mass is 9.85. The van der Waals surface area contributed by atoms with Gasteiger partial charge in [-0.15, -0.1) is 12.4 Å². The molecule has 2 aliphatic rings. The van der Waals surface area contributed by atoms with Crippen molar-refractivity contribution < 1.29 is 14.3 Å². The Morgan fingerprint density at radius 2 is 2.04 bits per heavy atom. The second-order valence-electron chi connectivity index (χ2n) is 6.17. The molecular formula is C17H23ClN2O3. The standard InChI is InChI=1S/C17H22N2O3.ClH/c1-22-17(21)12-6-4-7-13(9-12)18-16(20)15-10-11-5-2-3-8-14(11)19-15;/h4,6-7,9,11,14-15,19H,2-3,5,8,10H2,1H3,(H,18,20);1H. The van der Waals surface area contributed by atoms with Gasteiger partial charge in [0.2, 0.25) is 5.91 Å². The van der Waals surface area contributed by atoms with E-state index in [0.717, 1.165) is 6.42 Å². The van der Waals surface area contributed by atoms with Crippen LogP contribution in [0.3, 0.4) is 0 Å². The number of carbonyl (C=O) groups excluding carboxylic acids is 2. The predicted octanol–water partition coefficient (Wildman–Crippen LogP) is 2.75. The SMILES string of the molecule is COC(=O)c1cccc(NC(=O)C2CC3CCCCC3N2)c1.Cl. The molecule has 0 spiro atoms. The van der Waals surface area contributed by atoms with Crippen molar-refractivity contribution in [3.8, 4) is 0 Å². The molecule has 3 rings (SSSR count). The molecule has 0 aromatic heterocycles. The molecule has 0 radical (unpaired) electrons. The topological polar surface area (TPSA) is 67.4 Å². The van der Waals surface area contributed by atoms with Gasteiger partial charge in [-0.1, -0.05) is 18.9 Å². The Balaban J connectivity index is 0.00000192. The number of carbonyl (C=O) groups is 2. The van der Waals surface area contributed by atoms with Gasteiger partial charge in [0.05, 0.1) is 18.7 Å². The molecule has 3 atom stereocenters. The second kappa shape index (κ2) is 7.79. The van der Waals surface area contributed by atoms with Crippen LogP contribution in [0, 0.1) is 5.92 Å². The lowest BCUT2D eigenvalue weighted by molar-refractivity contribution is -0.117. The van der Waals surface area contributed by atoms with Crippen LogP contribution < -0.4 is 10.6 Å². The number of nitrogens with one attached hydrogen (secondary N) is 2. The third-order valence-electron chi connectivity index (χ3n) is 4.73. The molecule has 23 heavy (non-hydrogen) atoms. The van der Waals surface area contributed by atoms with Crippen molar-refractivity contribution in [3.63, 3.8) is 0 Å². The minimum Gasteiger partial charge on any atom is -0.465 e. The Morgan fingerprint density at radius 1 is 1.26 bits per heavy atom. The number of fused-ring (bicyclic) bond motifs is 1. The number of hydrogen-bond acceptors (Lipinski definition) is 4. The first-order valence-electron chi connectivity index (χ1n) is 7.92. The smallest absolute Gasteiger partial charge is 0.337 e. The molecule has 2 fully saturated rings. The highest BCUT2D eigenvalue weighted by molar-refractivity contribution is 5.97. The fourth-order valence-electron chi connectivity index (χ4n) is 3.59. The Labute approximate surface area is 142 Å². The normalized spacial score (nSPS) is 25.9. The maximum Gasteiger partial charge on any atom is 0.337 e. The highest BCUT2D eigenvalue weighted by Gasteiger charge is 2.38. The maximum absolute atomic E-state index is 12.4. The molecule has 1 saturated carbocycles. The molecular weight excluding hydrogens is 316 g/mol. The van der Waals surface area contributed by atoms with Crippen molar-refractivity contribution in [2.24, 2.45) is 5.92 Å². The Hall–Kier alpha value is -1.59. The summed E-state index contributed by atoms with van der Waals surface area (Å²) >= 11 is 0. The summed E-state index contributed by atoms with van der Waals surface area (Å²) in [6, 6.07) is 7.20. The van der Waals surface area contributed by atoms with E-state index in [4.69, 9.17) is 4.74 Å². The molecule has 1 heterocycles. The van der Waals surface area contributed by atoms with Crippen molar-refractivity contribution in [1.29, 1.82) is 0 Å². The van der Waals surface area contributed by atoms with Gasteiger partial charge in [0.25, 0.3) is 0 Å². The van der Waals surface area contributed by atoms with Crippen molar-refractivity contribution in [2.45, 2.75) is 44.2 Å². The van der Waals surface area contributed by atoms with Crippen LogP contribution in [0.5, 0.6) is 0 Å². The second-order valence-corrected chi connectivity index (χ2v) is 6.17. The van der Waals surface area contributed by atoms with Crippen molar-refractivity contribution in [1.82, 2.24) is 5.32 Å². The van der Waals surface area contributed by atoms with Crippen LogP contribution in [0.2, 0.25) is 0 Å². The van der Waals surface area contributed by atoms with Crippen LogP contribution in [0.4, 0.5) is 5.69 Å². The van der Waals surface area contributed by atoms with E-state index in [0.29, 0.717) is 23.2 Å². The molecule has 6 heteroatoms. The van der Waals surface area contributed by atoms with Crippen LogP contribution in [0.15, 0.2) is 24.3 Å². The fourth-order valence-corrected chi connectivity index (χ4v) is 3.59. The van der Waals surface area contributed by atoms with E-state index in [1.807, 2.05) is 0 Å². The summed E-state index contributed by atoms with van der Waals surface area (Å²) in [6.45, 7) is 0. The first-order valence-corrected chi connectivity index (χ1v) is 7.92. The van der Waals surface area contributed by atoms with Crippen molar-refractivity contribution in [3.05, 3.63) is 29.8 Å². The molecule has 126 valence electrons. The summed E-state index contributed by atoms with van der Waals surface area (Å²) in [6.07, 6.45) is 5.83. The molecule has 1 aromatic carbocycles. The van der Waals surface area contributed by atoms with E-state index in [9.17, 15) is 9.59 Å². The Morgan fingerprint density at radius 3 is 2.78 bits per heavy atom. The molecule has 5 nitrogen and oxygen atoms in total. The van der Waals surface area contributed by atoms with Gasteiger partial charge in [-0.3, -0.25) is 4.79 Å². The molecule has 1 amide bonds. The van der Waals surface area contributed by atoms with Crippen LogP contribution in [0.1, 0.15) is 42.5 Å². The van der Waals surface area contributed by atoms with Crippen LogP contribution in [-0.4, -0.2) is 31.1 Å². The molecule has 2 N–H and O–H groups in total. The summed E-state index contributed by atoms with van der Waals surface area (Å²) in [4.78, 5) is 24.0. The van der Waals surface area contributed by atoms with Gasteiger partial charge in [0.15, 0.2) is 0 Å². The number of rotatable bonds is 3. The number of methoxy groups -OCH3 is 1. The van der Waals surface area contributed by atoms with Gasteiger partial charge in [-0.05, 0) is 43.4 Å². The zero-order chi connectivity index (χ0) is 15.5. The summed E-state index contributed by atoms with van der Waals surface area (Å²) in [5.74, 6) is 0.212. The number of hydrogen-bond donors (Lipinski definition) is 2. The summed E-state index contributed by atoms with van der Waals surface area (Å²) in [5, 5.41) is 6.36. The summed E-state index contributed by atoms with van der Waals surface area (Å²) < 4.78 is 4.70. The van der Waals surface area contributed by atoms with Crippen molar-refractivity contribution in [2.75, 3.05) is 12.4 Å². The van der Waals surface area contributed by atoms with Gasteiger partial charge in [-0.2, -0.15) is 0 Å². The van der Waals surface area contributed by atoms with E-state index in [1.54, 1.807) is 24.3 Å². The fraction of sp³-hybridized carbons (Fsp3) is 0.529. The molecule has 1 aliphatic carbocycles. The van der Waals surface area contributed by atoms with Crippen LogP contribution >= 0.6 is 12.4 Å². The van der Waals surface area contributed by atoms with E-state index in [-0.39, 0.29) is 24.4 Å². The lowest BCUT2D eigenvalue weighted by Gasteiger charge is -2.24. The van der Waals surface area contributed by atoms with Gasteiger partial charge < -0.3 is 15.4 Å². The summed E-state index contributed by atoms with van der Waals surface area (Å²) in [7, 11) is 1.35. The number of ether oxygens (including phenoxy) is 1. The number of halogens is 1. The molecule has 1 saturated heterocycles. The average Bonchev–Trinajstić information content (AvgIpc) is 2.98. The van der Waals surface area contributed by atoms with E-state index < -0.39 is 5.97 Å². The van der Waals surface area contributed by atoms with Gasteiger partial charge in [0.1, 0.15) is 0 Å². The Bertz CT molecular complexity index is 565. The number of benzene rings is 1. The first kappa shape index (κ1) is 17.8. The minimum atomic E-state index is -0.402. The minimum absolute atomic E-state index is 0. The largest absolute Gasteiger partial charge is 0.465 e. The highest BCUT2D eigenvalue weighted by atomic mass is 35.5. The maximum atomic E-state index is 12.4. The first-order chi connectivity index (χ1) is 10.7. The van der Waals surface area contributed by atoms with Gasteiger partial charge in [0, 0.05) is 11.7 Å². The average molecular weight is 339 g/mol. The number of amides is 1. The quantitative estimate of drug-likeness (QED) is 0.832. The number of anilines is 1. The van der Waals surface area contributed by atoms with Crippen LogP contribution in [-0.2, 0) is 9.53 Å². The van der Waals surface area contributed by atoms with E-state index >= 15 is 0 Å². The molecule has 1 aliphatic heterocycles. The third-order valence-corrected chi connectivity index (χ3v) is 4.73. The molecule has 3 unspecified atom stereocenters. The highest BCUT2D eigenvalue weighted by Crippen LogP contribution is 2.33. The van der Waals surface area contributed by atoms with E-state index in [1.165, 1.54) is 32.8 Å². The lowest BCUT2D eigenvalue weighted by Crippen LogP contribution is -2.39. The monoisotopic (exact) mass is 338 g/mol. The zero-order valence-electron chi connectivity index (χ0n) is 13.2. The van der Waals surface area contributed by atoms with Crippen molar-refractivity contribution >= 4 is 30.0 Å². The number of esters is 1. The summed E-state index contributed by atoms with van der Waals surface area (Å²) in [5.41, 5.74) is 1.07.